The molecule has 0 atom stereocenters. The Morgan fingerprint density at radius 2 is 2.38 bits per heavy atom. The first-order valence-electron chi connectivity index (χ1n) is 4.43. The van der Waals surface area contributed by atoms with Gasteiger partial charge in [-0.3, -0.25) is 4.98 Å². The normalized spacial score (nSPS) is 10.3. The molecule has 0 saturated heterocycles. The van der Waals surface area contributed by atoms with Crippen LogP contribution in [0.1, 0.15) is 11.1 Å². The third kappa shape index (κ3) is 3.79. The van der Waals surface area contributed by atoms with Crippen LogP contribution in [0.15, 0.2) is 18.5 Å². The first kappa shape index (κ1) is 10.5. The van der Waals surface area contributed by atoms with Crippen LogP contribution >= 0.6 is 11.8 Å². The molecule has 0 fully saturated rings. The number of rotatable bonds is 5. The Kier molecular flexibility index (Phi) is 4.86. The smallest absolute Gasteiger partial charge is 0.0315 e. The van der Waals surface area contributed by atoms with Gasteiger partial charge < -0.3 is 5.32 Å². The Bertz CT molecular complexity index is 250. The van der Waals surface area contributed by atoms with Gasteiger partial charge >= 0.3 is 0 Å². The van der Waals surface area contributed by atoms with Crippen molar-refractivity contribution in [3.8, 4) is 0 Å². The second-order valence-corrected chi connectivity index (χ2v) is 3.96. The second-order valence-electron chi connectivity index (χ2n) is 2.97. The number of aromatic nitrogens is 1. The van der Waals surface area contributed by atoms with E-state index in [9.17, 15) is 0 Å². The van der Waals surface area contributed by atoms with Gasteiger partial charge in [0.1, 0.15) is 0 Å². The molecule has 0 aliphatic rings. The zero-order valence-corrected chi connectivity index (χ0v) is 9.03. The van der Waals surface area contributed by atoms with Crippen LogP contribution < -0.4 is 5.32 Å². The average molecular weight is 196 g/mol. The molecule has 13 heavy (non-hydrogen) atoms. The molecule has 1 N–H and O–H groups in total. The number of nitrogens with zero attached hydrogens (tertiary/aromatic N) is 1. The number of hydrogen-bond acceptors (Lipinski definition) is 3. The van der Waals surface area contributed by atoms with Crippen LogP contribution in [0.3, 0.4) is 0 Å². The zero-order chi connectivity index (χ0) is 9.52. The Hall–Kier alpha value is -0.540. The van der Waals surface area contributed by atoms with E-state index >= 15 is 0 Å². The van der Waals surface area contributed by atoms with Gasteiger partial charge in [0.25, 0.3) is 0 Å². The van der Waals surface area contributed by atoms with E-state index < -0.39 is 0 Å². The maximum atomic E-state index is 4.10. The predicted octanol–water partition coefficient (Wildman–Crippen LogP) is 1.84. The fourth-order valence-electron chi connectivity index (χ4n) is 1.08. The SMILES string of the molecule is CSCCNCc1cnccc1C. The molecule has 1 heterocycles. The van der Waals surface area contributed by atoms with Gasteiger partial charge in [-0.05, 0) is 30.4 Å². The van der Waals surface area contributed by atoms with E-state index in [1.807, 2.05) is 30.2 Å². The molecular weight excluding hydrogens is 180 g/mol. The summed E-state index contributed by atoms with van der Waals surface area (Å²) >= 11 is 1.86. The molecule has 0 aliphatic heterocycles. The topological polar surface area (TPSA) is 24.9 Å². The summed E-state index contributed by atoms with van der Waals surface area (Å²) in [6.07, 6.45) is 5.89. The van der Waals surface area contributed by atoms with E-state index in [0.717, 1.165) is 13.1 Å². The summed E-state index contributed by atoms with van der Waals surface area (Å²) < 4.78 is 0. The first-order valence-corrected chi connectivity index (χ1v) is 5.83. The molecule has 0 amide bonds. The maximum Gasteiger partial charge on any atom is 0.0315 e. The zero-order valence-electron chi connectivity index (χ0n) is 8.21. The van der Waals surface area contributed by atoms with Crippen molar-refractivity contribution in [2.75, 3.05) is 18.6 Å². The highest BCUT2D eigenvalue weighted by Gasteiger charge is 1.95. The molecule has 0 aromatic carbocycles. The third-order valence-electron chi connectivity index (χ3n) is 1.95. The van der Waals surface area contributed by atoms with Gasteiger partial charge in [-0.15, -0.1) is 0 Å². The van der Waals surface area contributed by atoms with Crippen molar-refractivity contribution in [2.45, 2.75) is 13.5 Å². The van der Waals surface area contributed by atoms with Gasteiger partial charge in [-0.25, -0.2) is 0 Å². The summed E-state index contributed by atoms with van der Waals surface area (Å²) in [5.74, 6) is 1.17. The summed E-state index contributed by atoms with van der Waals surface area (Å²) in [5, 5.41) is 3.38. The van der Waals surface area contributed by atoms with Gasteiger partial charge in [0.05, 0.1) is 0 Å². The van der Waals surface area contributed by atoms with Crippen LogP contribution in [0, 0.1) is 6.92 Å². The van der Waals surface area contributed by atoms with Crippen LogP contribution in [-0.2, 0) is 6.54 Å². The van der Waals surface area contributed by atoms with Crippen LogP contribution in [0.25, 0.3) is 0 Å². The number of aryl methyl sites for hydroxylation is 1. The lowest BCUT2D eigenvalue weighted by atomic mass is 10.2. The average Bonchev–Trinajstić information content (AvgIpc) is 2.15. The molecular formula is C10H16N2S. The summed E-state index contributed by atoms with van der Waals surface area (Å²) in [6.45, 7) is 4.11. The Morgan fingerprint density at radius 1 is 1.54 bits per heavy atom. The van der Waals surface area contributed by atoms with Crippen molar-refractivity contribution in [1.29, 1.82) is 0 Å². The van der Waals surface area contributed by atoms with Crippen LogP contribution in [0.4, 0.5) is 0 Å². The van der Waals surface area contributed by atoms with Gasteiger partial charge in [0.2, 0.25) is 0 Å². The molecule has 0 saturated carbocycles. The van der Waals surface area contributed by atoms with E-state index in [-0.39, 0.29) is 0 Å². The number of pyridine rings is 1. The highest BCUT2D eigenvalue weighted by Crippen LogP contribution is 2.03. The highest BCUT2D eigenvalue weighted by molar-refractivity contribution is 7.98. The molecule has 0 unspecified atom stereocenters. The molecule has 2 nitrogen and oxygen atoms in total. The molecule has 0 radical (unpaired) electrons. The quantitative estimate of drug-likeness (QED) is 0.727. The molecule has 0 bridgehead atoms. The predicted molar refractivity (Wildman–Crippen MR) is 59.1 cm³/mol. The summed E-state index contributed by atoms with van der Waals surface area (Å²) in [6, 6.07) is 2.05. The summed E-state index contributed by atoms with van der Waals surface area (Å²) in [7, 11) is 0. The molecule has 1 rings (SSSR count). The number of nitrogens with one attached hydrogen (secondary N) is 1. The van der Waals surface area contributed by atoms with Crippen LogP contribution in [0.2, 0.25) is 0 Å². The van der Waals surface area contributed by atoms with E-state index in [1.54, 1.807) is 0 Å². The highest BCUT2D eigenvalue weighted by atomic mass is 32.2. The minimum absolute atomic E-state index is 0.931. The third-order valence-corrected chi connectivity index (χ3v) is 2.56. The second kappa shape index (κ2) is 6.00. The van der Waals surface area contributed by atoms with Gasteiger partial charge in [0.15, 0.2) is 0 Å². The van der Waals surface area contributed by atoms with Crippen molar-refractivity contribution in [3.05, 3.63) is 29.6 Å². The molecule has 3 heteroatoms. The van der Waals surface area contributed by atoms with E-state index in [4.69, 9.17) is 0 Å². The van der Waals surface area contributed by atoms with E-state index in [2.05, 4.69) is 23.5 Å². The van der Waals surface area contributed by atoms with Crippen molar-refractivity contribution < 1.29 is 0 Å². The van der Waals surface area contributed by atoms with Crippen LogP contribution in [-0.4, -0.2) is 23.5 Å². The molecule has 0 spiro atoms. The Labute approximate surface area is 84.1 Å². The van der Waals surface area contributed by atoms with E-state index in [1.165, 1.54) is 16.9 Å². The van der Waals surface area contributed by atoms with Crippen LogP contribution in [0.5, 0.6) is 0 Å². The monoisotopic (exact) mass is 196 g/mol. The lowest BCUT2D eigenvalue weighted by Gasteiger charge is -2.05. The standard InChI is InChI=1S/C10H16N2S/c1-9-3-4-11-7-10(9)8-12-5-6-13-2/h3-4,7,12H,5-6,8H2,1-2H3. The summed E-state index contributed by atoms with van der Waals surface area (Å²) in [5.41, 5.74) is 2.61. The van der Waals surface area contributed by atoms with Gasteiger partial charge in [-0.2, -0.15) is 11.8 Å². The van der Waals surface area contributed by atoms with Crippen molar-refractivity contribution in [2.24, 2.45) is 0 Å². The maximum absolute atomic E-state index is 4.10. The molecule has 1 aromatic heterocycles. The van der Waals surface area contributed by atoms with Crippen molar-refractivity contribution in [3.63, 3.8) is 0 Å². The fourth-order valence-corrected chi connectivity index (χ4v) is 1.43. The number of thioether (sulfide) groups is 1. The Balaban J connectivity index is 2.32. The van der Waals surface area contributed by atoms with E-state index in [0.29, 0.717) is 0 Å². The Morgan fingerprint density at radius 3 is 3.08 bits per heavy atom. The lowest BCUT2D eigenvalue weighted by molar-refractivity contribution is 0.726. The first-order chi connectivity index (χ1) is 6.34. The molecule has 72 valence electrons. The molecule has 1 aromatic rings. The largest absolute Gasteiger partial charge is 0.312 e. The molecule has 0 aliphatic carbocycles. The summed E-state index contributed by atoms with van der Waals surface area (Å²) in [4.78, 5) is 4.10. The lowest BCUT2D eigenvalue weighted by Crippen LogP contribution is -2.17. The fraction of sp³-hybridized carbons (Fsp3) is 0.500. The van der Waals surface area contributed by atoms with Crippen molar-refractivity contribution >= 4 is 11.8 Å². The van der Waals surface area contributed by atoms with Gasteiger partial charge in [-0.1, -0.05) is 0 Å². The number of hydrogen-bond donors (Lipinski definition) is 1. The van der Waals surface area contributed by atoms with Crippen molar-refractivity contribution in [1.82, 2.24) is 10.3 Å². The minimum atomic E-state index is 0.931. The van der Waals surface area contributed by atoms with Gasteiger partial charge in [0, 0.05) is 31.2 Å². The minimum Gasteiger partial charge on any atom is -0.312 e.